The maximum absolute atomic E-state index is 13.0. The minimum absolute atomic E-state index is 0.0265. The van der Waals surface area contributed by atoms with E-state index in [1.807, 2.05) is 0 Å². The van der Waals surface area contributed by atoms with Crippen LogP contribution in [0.3, 0.4) is 0 Å². The molecule has 0 N–H and O–H groups in total. The smallest absolute Gasteiger partial charge is 0.234 e. The highest BCUT2D eigenvalue weighted by molar-refractivity contribution is 5.81. The quantitative estimate of drug-likeness (QED) is 0.826. The summed E-state index contributed by atoms with van der Waals surface area (Å²) in [7, 11) is 1.40. The van der Waals surface area contributed by atoms with E-state index in [2.05, 4.69) is 14.9 Å². The summed E-state index contributed by atoms with van der Waals surface area (Å²) >= 11 is 0. The molecule has 7 heteroatoms. The van der Waals surface area contributed by atoms with Crippen LogP contribution in [0.25, 0.3) is 11.4 Å². The summed E-state index contributed by atoms with van der Waals surface area (Å²) in [6.45, 7) is -0.0632. The first-order chi connectivity index (χ1) is 9.08. The van der Waals surface area contributed by atoms with E-state index in [9.17, 15) is 13.6 Å². The number of carbonyl (C=O) groups is 1. The molecule has 2 aromatic rings. The molecule has 0 aliphatic rings. The lowest BCUT2D eigenvalue weighted by Gasteiger charge is -1.95. The van der Waals surface area contributed by atoms with Gasteiger partial charge in [-0.3, -0.25) is 4.79 Å². The second-order valence-corrected chi connectivity index (χ2v) is 3.82. The molecule has 0 aliphatic carbocycles. The number of ether oxygens (including phenoxy) is 1. The molecule has 0 unspecified atom stereocenters. The molecule has 0 atom stereocenters. The standard InChI is InChI=1S/C12H10F2N2O3/c1-18-6-10(17)5-11-15-12(16-19-11)7-2-8(13)4-9(14)3-7/h2-4H,5-6H2,1H3. The first-order valence-electron chi connectivity index (χ1n) is 5.38. The van der Waals surface area contributed by atoms with E-state index in [-0.39, 0.29) is 36.1 Å². The molecule has 0 amide bonds. The molecule has 0 saturated heterocycles. The van der Waals surface area contributed by atoms with Gasteiger partial charge in [0.1, 0.15) is 18.2 Å². The predicted molar refractivity (Wildman–Crippen MR) is 60.2 cm³/mol. The van der Waals surface area contributed by atoms with Gasteiger partial charge in [-0.25, -0.2) is 8.78 Å². The summed E-state index contributed by atoms with van der Waals surface area (Å²) < 4.78 is 35.6. The van der Waals surface area contributed by atoms with Gasteiger partial charge in [-0.1, -0.05) is 5.16 Å². The van der Waals surface area contributed by atoms with Gasteiger partial charge in [0.25, 0.3) is 0 Å². The van der Waals surface area contributed by atoms with E-state index in [0.29, 0.717) is 0 Å². The number of methoxy groups -OCH3 is 1. The van der Waals surface area contributed by atoms with Gasteiger partial charge in [-0.05, 0) is 12.1 Å². The van der Waals surface area contributed by atoms with Crippen molar-refractivity contribution in [2.75, 3.05) is 13.7 Å². The van der Waals surface area contributed by atoms with Crippen molar-refractivity contribution in [3.63, 3.8) is 0 Å². The molecular weight excluding hydrogens is 258 g/mol. The number of benzene rings is 1. The summed E-state index contributed by atoms with van der Waals surface area (Å²) in [4.78, 5) is 15.2. The van der Waals surface area contributed by atoms with E-state index in [0.717, 1.165) is 18.2 Å². The number of hydrogen-bond acceptors (Lipinski definition) is 5. The molecule has 0 fully saturated rings. The molecule has 0 saturated carbocycles. The Morgan fingerprint density at radius 3 is 2.63 bits per heavy atom. The minimum atomic E-state index is -0.739. The van der Waals surface area contributed by atoms with Crippen molar-refractivity contribution >= 4 is 5.78 Å². The molecule has 5 nitrogen and oxygen atoms in total. The average molecular weight is 268 g/mol. The number of Topliss-reactive ketones (excluding diaryl/α,β-unsaturated/α-hetero) is 1. The largest absolute Gasteiger partial charge is 0.377 e. The predicted octanol–water partition coefficient (Wildman–Crippen LogP) is 1.77. The Hall–Kier alpha value is -2.15. The van der Waals surface area contributed by atoms with Gasteiger partial charge in [0.05, 0.1) is 6.42 Å². The number of ketones is 1. The highest BCUT2D eigenvalue weighted by atomic mass is 19.1. The van der Waals surface area contributed by atoms with Gasteiger partial charge in [0, 0.05) is 18.7 Å². The van der Waals surface area contributed by atoms with Crippen LogP contribution >= 0.6 is 0 Å². The Labute approximate surface area is 107 Å². The fraction of sp³-hybridized carbons (Fsp3) is 0.250. The topological polar surface area (TPSA) is 65.2 Å². The fourth-order valence-electron chi connectivity index (χ4n) is 1.51. The highest BCUT2D eigenvalue weighted by Crippen LogP contribution is 2.18. The summed E-state index contributed by atoms with van der Waals surface area (Å²) in [6.07, 6.45) is -0.0847. The number of aromatic nitrogens is 2. The summed E-state index contributed by atoms with van der Waals surface area (Å²) in [5, 5.41) is 3.57. The number of carbonyl (C=O) groups excluding carboxylic acids is 1. The Bertz CT molecular complexity index is 578. The maximum atomic E-state index is 13.0. The molecule has 100 valence electrons. The van der Waals surface area contributed by atoms with E-state index < -0.39 is 11.6 Å². The third kappa shape index (κ3) is 3.41. The summed E-state index contributed by atoms with van der Waals surface area (Å²) in [6, 6.07) is 2.90. The van der Waals surface area contributed by atoms with Crippen molar-refractivity contribution in [3.8, 4) is 11.4 Å². The molecular formula is C12H10F2N2O3. The van der Waals surface area contributed by atoms with Gasteiger partial charge < -0.3 is 9.26 Å². The number of halogens is 2. The third-order valence-corrected chi connectivity index (χ3v) is 2.24. The molecule has 1 heterocycles. The van der Waals surface area contributed by atoms with Crippen LogP contribution < -0.4 is 0 Å². The molecule has 1 aromatic carbocycles. The van der Waals surface area contributed by atoms with Gasteiger partial charge in [0.2, 0.25) is 11.7 Å². The second-order valence-electron chi connectivity index (χ2n) is 3.82. The van der Waals surface area contributed by atoms with Crippen molar-refractivity contribution in [2.24, 2.45) is 0 Å². The number of rotatable bonds is 5. The Kier molecular flexibility index (Phi) is 3.96. The Morgan fingerprint density at radius 2 is 2.00 bits per heavy atom. The van der Waals surface area contributed by atoms with Crippen molar-refractivity contribution in [3.05, 3.63) is 35.7 Å². The second kappa shape index (κ2) is 5.66. The molecule has 0 bridgehead atoms. The zero-order valence-corrected chi connectivity index (χ0v) is 10.0. The molecule has 0 aliphatic heterocycles. The normalized spacial score (nSPS) is 10.7. The zero-order chi connectivity index (χ0) is 13.8. The van der Waals surface area contributed by atoms with Crippen molar-refractivity contribution in [2.45, 2.75) is 6.42 Å². The van der Waals surface area contributed by atoms with Crippen molar-refractivity contribution in [1.29, 1.82) is 0 Å². The van der Waals surface area contributed by atoms with E-state index in [1.165, 1.54) is 7.11 Å². The Balaban J connectivity index is 2.18. The first kappa shape index (κ1) is 13.3. The lowest BCUT2D eigenvalue weighted by atomic mass is 10.2. The molecule has 0 radical (unpaired) electrons. The van der Waals surface area contributed by atoms with Crippen LogP contribution in [0.4, 0.5) is 8.78 Å². The van der Waals surface area contributed by atoms with Crippen LogP contribution in [0.5, 0.6) is 0 Å². The van der Waals surface area contributed by atoms with Crippen LogP contribution in [0.15, 0.2) is 22.7 Å². The highest BCUT2D eigenvalue weighted by Gasteiger charge is 2.13. The summed E-state index contributed by atoms with van der Waals surface area (Å²) in [5.41, 5.74) is 0.145. The summed E-state index contributed by atoms with van der Waals surface area (Å²) in [5.74, 6) is -1.61. The molecule has 1 aromatic heterocycles. The monoisotopic (exact) mass is 268 g/mol. The fourth-order valence-corrected chi connectivity index (χ4v) is 1.51. The SMILES string of the molecule is COCC(=O)Cc1nc(-c2cc(F)cc(F)c2)no1. The van der Waals surface area contributed by atoms with Crippen LogP contribution in [0.1, 0.15) is 5.89 Å². The van der Waals surface area contributed by atoms with E-state index in [1.54, 1.807) is 0 Å². The zero-order valence-electron chi connectivity index (χ0n) is 10.0. The Morgan fingerprint density at radius 1 is 1.32 bits per heavy atom. The van der Waals surface area contributed by atoms with E-state index in [4.69, 9.17) is 4.52 Å². The van der Waals surface area contributed by atoms with Gasteiger partial charge in [-0.15, -0.1) is 0 Å². The van der Waals surface area contributed by atoms with Crippen molar-refractivity contribution < 1.29 is 22.8 Å². The number of hydrogen-bond donors (Lipinski definition) is 0. The first-order valence-corrected chi connectivity index (χ1v) is 5.38. The van der Waals surface area contributed by atoms with Gasteiger partial charge in [-0.2, -0.15) is 4.98 Å². The van der Waals surface area contributed by atoms with Crippen LogP contribution in [0, 0.1) is 11.6 Å². The van der Waals surface area contributed by atoms with Crippen LogP contribution in [-0.4, -0.2) is 29.6 Å². The third-order valence-electron chi connectivity index (χ3n) is 2.24. The minimum Gasteiger partial charge on any atom is -0.377 e. The number of nitrogens with zero attached hydrogens (tertiary/aromatic N) is 2. The molecule has 19 heavy (non-hydrogen) atoms. The van der Waals surface area contributed by atoms with Crippen LogP contribution in [0.2, 0.25) is 0 Å². The van der Waals surface area contributed by atoms with Crippen molar-refractivity contribution in [1.82, 2.24) is 10.1 Å². The van der Waals surface area contributed by atoms with Crippen LogP contribution in [-0.2, 0) is 16.0 Å². The molecule has 0 spiro atoms. The van der Waals surface area contributed by atoms with Gasteiger partial charge >= 0.3 is 0 Å². The van der Waals surface area contributed by atoms with Gasteiger partial charge in [0.15, 0.2) is 5.78 Å². The lowest BCUT2D eigenvalue weighted by molar-refractivity contribution is -0.122. The lowest BCUT2D eigenvalue weighted by Crippen LogP contribution is -2.09. The molecule has 2 rings (SSSR count). The maximum Gasteiger partial charge on any atom is 0.234 e. The van der Waals surface area contributed by atoms with E-state index >= 15 is 0 Å². The average Bonchev–Trinajstić information content (AvgIpc) is 2.76.